The van der Waals surface area contributed by atoms with Crippen LogP contribution in [-0.4, -0.2) is 22.5 Å². The smallest absolute Gasteiger partial charge is 0.270 e. The van der Waals surface area contributed by atoms with Crippen LogP contribution in [0.15, 0.2) is 53.7 Å². The third-order valence-corrected chi connectivity index (χ3v) is 3.78. The second kappa shape index (κ2) is 5.85. The highest BCUT2D eigenvalue weighted by atomic mass is 16.6. The van der Waals surface area contributed by atoms with Crippen molar-refractivity contribution in [2.45, 2.75) is 12.8 Å². The lowest BCUT2D eigenvalue weighted by Gasteiger charge is -2.31. The maximum absolute atomic E-state index is 10.9. The number of nitro groups is 1. The number of rotatable bonds is 2. The summed E-state index contributed by atoms with van der Waals surface area (Å²) in [5.74, 6) is 0.329. The van der Waals surface area contributed by atoms with E-state index in [4.69, 9.17) is 0 Å². The Morgan fingerprint density at radius 3 is 2.82 bits per heavy atom. The predicted molar refractivity (Wildman–Crippen MR) is 83.5 cm³/mol. The lowest BCUT2D eigenvalue weighted by Crippen LogP contribution is -2.36. The van der Waals surface area contributed by atoms with Gasteiger partial charge in [-0.25, -0.2) is 0 Å². The fourth-order valence-corrected chi connectivity index (χ4v) is 2.78. The zero-order chi connectivity index (χ0) is 15.5. The molecule has 22 heavy (non-hydrogen) atoms. The van der Waals surface area contributed by atoms with Crippen LogP contribution in [0.25, 0.3) is 0 Å². The minimum atomic E-state index is -0.456. The van der Waals surface area contributed by atoms with Gasteiger partial charge in [-0.1, -0.05) is 35.5 Å². The van der Waals surface area contributed by atoms with Gasteiger partial charge < -0.3 is 10.1 Å². The number of non-ortho nitro benzene ring substituents is 1. The molecule has 6 heteroatoms. The molecule has 0 aromatic heterocycles. The van der Waals surface area contributed by atoms with Crippen molar-refractivity contribution in [2.75, 3.05) is 11.4 Å². The van der Waals surface area contributed by atoms with E-state index in [-0.39, 0.29) is 5.69 Å². The van der Waals surface area contributed by atoms with Gasteiger partial charge in [-0.05, 0) is 24.5 Å². The third-order valence-electron chi connectivity index (χ3n) is 3.78. The third kappa shape index (κ3) is 2.50. The van der Waals surface area contributed by atoms with E-state index in [1.54, 1.807) is 12.1 Å². The van der Waals surface area contributed by atoms with E-state index in [2.05, 4.69) is 5.16 Å². The number of hydrogen-bond donors (Lipinski definition) is 1. The first kappa shape index (κ1) is 14.1. The maximum atomic E-state index is 10.9. The van der Waals surface area contributed by atoms with Gasteiger partial charge in [0.2, 0.25) is 0 Å². The highest BCUT2D eigenvalue weighted by Gasteiger charge is 2.23. The van der Waals surface area contributed by atoms with Crippen LogP contribution >= 0.6 is 0 Å². The van der Waals surface area contributed by atoms with Crippen molar-refractivity contribution in [3.05, 3.63) is 69.8 Å². The van der Waals surface area contributed by atoms with Crippen LogP contribution < -0.4 is 4.90 Å². The van der Waals surface area contributed by atoms with E-state index in [1.165, 1.54) is 17.7 Å². The molecular formula is C16H15N3O3. The van der Waals surface area contributed by atoms with Gasteiger partial charge in [-0.2, -0.15) is 0 Å². The molecule has 0 fully saturated rings. The first-order chi connectivity index (χ1) is 10.7. The van der Waals surface area contributed by atoms with Crippen LogP contribution in [0.2, 0.25) is 0 Å². The Labute approximate surface area is 127 Å². The first-order valence-electron chi connectivity index (χ1n) is 7.03. The first-order valence-corrected chi connectivity index (χ1v) is 7.03. The van der Waals surface area contributed by atoms with Gasteiger partial charge >= 0.3 is 0 Å². The summed E-state index contributed by atoms with van der Waals surface area (Å²) in [5, 5.41) is 23.8. The Bertz CT molecular complexity index is 743. The average Bonchev–Trinajstić information content (AvgIpc) is 2.56. The zero-order valence-electron chi connectivity index (χ0n) is 11.8. The van der Waals surface area contributed by atoms with Crippen LogP contribution in [0.3, 0.4) is 0 Å². The van der Waals surface area contributed by atoms with E-state index in [0.717, 1.165) is 18.5 Å². The van der Waals surface area contributed by atoms with Crippen LogP contribution in [0.4, 0.5) is 11.4 Å². The number of oxime groups is 1. The normalized spacial score (nSPS) is 14.5. The number of hydrogen-bond acceptors (Lipinski definition) is 4. The van der Waals surface area contributed by atoms with E-state index in [1.807, 2.05) is 29.2 Å². The van der Waals surface area contributed by atoms with Gasteiger partial charge in [-0.15, -0.1) is 0 Å². The molecule has 1 aliphatic rings. The SMILES string of the molecule is O=[N+]([O-])c1cccc(C(=NO)N2CCCc3ccccc32)c1. The second-order valence-electron chi connectivity index (χ2n) is 5.11. The molecule has 112 valence electrons. The number of nitrogens with zero attached hydrogens (tertiary/aromatic N) is 3. The maximum Gasteiger partial charge on any atom is 0.270 e. The highest BCUT2D eigenvalue weighted by molar-refractivity contribution is 6.10. The molecule has 2 aromatic carbocycles. The molecule has 0 amide bonds. The van der Waals surface area contributed by atoms with Crippen molar-refractivity contribution in [3.8, 4) is 0 Å². The van der Waals surface area contributed by atoms with Crippen molar-refractivity contribution < 1.29 is 10.1 Å². The fourth-order valence-electron chi connectivity index (χ4n) is 2.78. The van der Waals surface area contributed by atoms with Gasteiger partial charge in [0, 0.05) is 29.9 Å². The summed E-state index contributed by atoms with van der Waals surface area (Å²) in [5.41, 5.74) is 2.66. The van der Waals surface area contributed by atoms with Gasteiger partial charge in [0.25, 0.3) is 5.69 Å². The molecule has 0 aliphatic carbocycles. The molecule has 0 radical (unpaired) electrons. The molecule has 0 unspecified atom stereocenters. The molecule has 0 spiro atoms. The number of para-hydroxylation sites is 1. The number of nitro benzene ring substituents is 1. The van der Waals surface area contributed by atoms with Gasteiger partial charge in [0.15, 0.2) is 5.84 Å². The van der Waals surface area contributed by atoms with Crippen LogP contribution in [0.1, 0.15) is 17.5 Å². The van der Waals surface area contributed by atoms with E-state index in [9.17, 15) is 15.3 Å². The minimum Gasteiger partial charge on any atom is -0.409 e. The van der Waals surface area contributed by atoms with Crippen LogP contribution in [-0.2, 0) is 6.42 Å². The van der Waals surface area contributed by atoms with Crippen molar-refractivity contribution in [1.29, 1.82) is 0 Å². The summed E-state index contributed by atoms with van der Waals surface area (Å²) >= 11 is 0. The molecule has 0 atom stereocenters. The minimum absolute atomic E-state index is 0.0241. The van der Waals surface area contributed by atoms with Crippen molar-refractivity contribution in [3.63, 3.8) is 0 Å². The van der Waals surface area contributed by atoms with Gasteiger partial charge in [0.05, 0.1) is 4.92 Å². The Kier molecular flexibility index (Phi) is 3.74. The Morgan fingerprint density at radius 2 is 2.05 bits per heavy atom. The van der Waals surface area contributed by atoms with E-state index >= 15 is 0 Å². The summed E-state index contributed by atoms with van der Waals surface area (Å²) < 4.78 is 0. The summed E-state index contributed by atoms with van der Waals surface area (Å²) in [7, 11) is 0. The largest absolute Gasteiger partial charge is 0.409 e. The molecule has 0 bridgehead atoms. The molecular weight excluding hydrogens is 282 g/mol. The van der Waals surface area contributed by atoms with Gasteiger partial charge in [-0.3, -0.25) is 10.1 Å². The van der Waals surface area contributed by atoms with Crippen LogP contribution in [0.5, 0.6) is 0 Å². The quantitative estimate of drug-likeness (QED) is 0.303. The van der Waals surface area contributed by atoms with Crippen molar-refractivity contribution in [2.24, 2.45) is 5.16 Å². The summed E-state index contributed by atoms with van der Waals surface area (Å²) in [6, 6.07) is 14.1. The van der Waals surface area contributed by atoms with Crippen molar-refractivity contribution in [1.82, 2.24) is 0 Å². The molecule has 1 N–H and O–H groups in total. The fraction of sp³-hybridized carbons (Fsp3) is 0.188. The number of benzene rings is 2. The van der Waals surface area contributed by atoms with Gasteiger partial charge in [0.1, 0.15) is 0 Å². The number of amidine groups is 1. The predicted octanol–water partition coefficient (Wildman–Crippen LogP) is 3.18. The lowest BCUT2D eigenvalue weighted by atomic mass is 10.0. The lowest BCUT2D eigenvalue weighted by molar-refractivity contribution is -0.384. The average molecular weight is 297 g/mol. The van der Waals surface area contributed by atoms with E-state index in [0.29, 0.717) is 17.9 Å². The molecule has 2 aromatic rings. The van der Waals surface area contributed by atoms with E-state index < -0.39 is 4.92 Å². The molecule has 6 nitrogen and oxygen atoms in total. The monoisotopic (exact) mass is 297 g/mol. The molecule has 1 heterocycles. The zero-order valence-corrected chi connectivity index (χ0v) is 11.8. The molecule has 3 rings (SSSR count). The number of anilines is 1. The topological polar surface area (TPSA) is 79.0 Å². The Hall–Kier alpha value is -2.89. The van der Waals surface area contributed by atoms with Crippen molar-refractivity contribution >= 4 is 17.2 Å². The summed E-state index contributed by atoms with van der Waals surface area (Å²) in [4.78, 5) is 12.4. The number of aryl methyl sites for hydroxylation is 1. The Morgan fingerprint density at radius 1 is 1.23 bits per heavy atom. The summed E-state index contributed by atoms with van der Waals surface area (Å²) in [6.45, 7) is 0.707. The standard InChI is InChI=1S/C16H15N3O3/c20-17-16(13-6-3-8-14(11-13)19(21)22)18-10-4-7-12-5-1-2-9-15(12)18/h1-3,5-6,8-9,11,20H,4,7,10H2. The highest BCUT2D eigenvalue weighted by Crippen LogP contribution is 2.29. The van der Waals surface area contributed by atoms with Crippen LogP contribution in [0, 0.1) is 10.1 Å². The molecule has 0 saturated heterocycles. The molecule has 1 aliphatic heterocycles. The number of fused-ring (bicyclic) bond motifs is 1. The molecule has 0 saturated carbocycles. The summed E-state index contributed by atoms with van der Waals surface area (Å²) in [6.07, 6.45) is 1.91. The Balaban J connectivity index is 2.03. The second-order valence-corrected chi connectivity index (χ2v) is 5.11.